The first-order valence-electron chi connectivity index (χ1n) is 8.86. The maximum Gasteiger partial charge on any atom is 0.0326 e. The quantitative estimate of drug-likeness (QED) is 0.668. The van der Waals surface area contributed by atoms with Gasteiger partial charge in [0.15, 0.2) is 0 Å². The van der Waals surface area contributed by atoms with E-state index in [9.17, 15) is 0 Å². The van der Waals surface area contributed by atoms with Crippen LogP contribution in [0, 0.1) is 0 Å². The van der Waals surface area contributed by atoms with E-state index in [0.29, 0.717) is 6.04 Å². The molecule has 0 spiro atoms. The van der Waals surface area contributed by atoms with E-state index in [1.54, 1.807) is 0 Å². The number of benzene rings is 3. The predicted octanol–water partition coefficient (Wildman–Crippen LogP) is 5.52. The van der Waals surface area contributed by atoms with Gasteiger partial charge in [-0.05, 0) is 47.1 Å². The SMILES string of the molecule is c1ccc(-c2ccccc2CN[C@H]2CCCc3ccccc32)cc1. The summed E-state index contributed by atoms with van der Waals surface area (Å²) in [5.74, 6) is 0. The van der Waals surface area contributed by atoms with Crippen molar-refractivity contribution in [1.82, 2.24) is 5.32 Å². The first-order chi connectivity index (χ1) is 11.9. The van der Waals surface area contributed by atoms with Crippen LogP contribution >= 0.6 is 0 Å². The average molecular weight is 313 g/mol. The first kappa shape index (κ1) is 15.2. The number of hydrogen-bond acceptors (Lipinski definition) is 1. The Hall–Kier alpha value is -2.38. The zero-order valence-corrected chi connectivity index (χ0v) is 13.9. The van der Waals surface area contributed by atoms with Crippen LogP contribution in [0.1, 0.15) is 35.6 Å². The number of aryl methyl sites for hydroxylation is 1. The van der Waals surface area contributed by atoms with Gasteiger partial charge in [0.2, 0.25) is 0 Å². The maximum absolute atomic E-state index is 3.80. The highest BCUT2D eigenvalue weighted by Crippen LogP contribution is 2.30. The molecule has 0 radical (unpaired) electrons. The van der Waals surface area contributed by atoms with Crippen LogP contribution in [-0.2, 0) is 13.0 Å². The number of fused-ring (bicyclic) bond motifs is 1. The van der Waals surface area contributed by atoms with E-state index in [1.165, 1.54) is 47.1 Å². The Balaban J connectivity index is 1.56. The molecule has 1 aliphatic rings. The first-order valence-corrected chi connectivity index (χ1v) is 8.86. The normalized spacial score (nSPS) is 16.6. The molecule has 1 N–H and O–H groups in total. The molecule has 0 unspecified atom stereocenters. The highest BCUT2D eigenvalue weighted by molar-refractivity contribution is 5.67. The lowest BCUT2D eigenvalue weighted by molar-refractivity contribution is 0.459. The smallest absolute Gasteiger partial charge is 0.0326 e. The lowest BCUT2D eigenvalue weighted by Crippen LogP contribution is -2.25. The molecule has 0 aromatic heterocycles. The fourth-order valence-electron chi connectivity index (χ4n) is 3.77. The summed E-state index contributed by atoms with van der Waals surface area (Å²) in [6, 6.07) is 28.8. The van der Waals surface area contributed by atoms with E-state index in [0.717, 1.165) is 6.54 Å². The minimum atomic E-state index is 0.471. The van der Waals surface area contributed by atoms with Gasteiger partial charge in [-0.3, -0.25) is 0 Å². The highest BCUT2D eigenvalue weighted by atomic mass is 14.9. The summed E-state index contributed by atoms with van der Waals surface area (Å²) in [5, 5.41) is 3.80. The molecule has 24 heavy (non-hydrogen) atoms. The standard InChI is InChI=1S/C23H23N/c1-2-9-18(10-3-1)21-14-6-5-12-20(21)17-24-23-16-8-13-19-11-4-7-15-22(19)23/h1-7,9-12,14-15,23-24H,8,13,16-17H2/t23-/m0/s1. The van der Waals surface area contributed by atoms with Crippen LogP contribution in [0.5, 0.6) is 0 Å². The molecule has 1 atom stereocenters. The van der Waals surface area contributed by atoms with Crippen molar-refractivity contribution in [3.05, 3.63) is 95.6 Å². The summed E-state index contributed by atoms with van der Waals surface area (Å²) < 4.78 is 0. The molecule has 1 heteroatoms. The molecule has 4 rings (SSSR count). The molecule has 1 aliphatic carbocycles. The fraction of sp³-hybridized carbons (Fsp3) is 0.217. The van der Waals surface area contributed by atoms with Crippen molar-refractivity contribution in [3.8, 4) is 11.1 Å². The Labute approximate surface area is 144 Å². The van der Waals surface area contributed by atoms with Crippen molar-refractivity contribution in [2.75, 3.05) is 0 Å². The van der Waals surface area contributed by atoms with Crippen LogP contribution in [0.3, 0.4) is 0 Å². The third-order valence-electron chi connectivity index (χ3n) is 5.01. The van der Waals surface area contributed by atoms with Gasteiger partial charge in [0.1, 0.15) is 0 Å². The number of rotatable bonds is 4. The van der Waals surface area contributed by atoms with Gasteiger partial charge in [0.25, 0.3) is 0 Å². The molecule has 3 aromatic carbocycles. The van der Waals surface area contributed by atoms with E-state index in [4.69, 9.17) is 0 Å². The fourth-order valence-corrected chi connectivity index (χ4v) is 3.77. The third-order valence-corrected chi connectivity index (χ3v) is 5.01. The molecule has 0 bridgehead atoms. The summed E-state index contributed by atoms with van der Waals surface area (Å²) in [5.41, 5.74) is 6.99. The van der Waals surface area contributed by atoms with Crippen molar-refractivity contribution >= 4 is 0 Å². The largest absolute Gasteiger partial charge is 0.306 e. The molecular weight excluding hydrogens is 290 g/mol. The summed E-state index contributed by atoms with van der Waals surface area (Å²) in [4.78, 5) is 0. The minimum absolute atomic E-state index is 0.471. The monoisotopic (exact) mass is 313 g/mol. The zero-order valence-electron chi connectivity index (χ0n) is 13.9. The summed E-state index contributed by atoms with van der Waals surface area (Å²) in [6.07, 6.45) is 3.72. The van der Waals surface area contributed by atoms with Crippen LogP contribution in [0.25, 0.3) is 11.1 Å². The minimum Gasteiger partial charge on any atom is -0.306 e. The van der Waals surface area contributed by atoms with Gasteiger partial charge in [0.05, 0.1) is 0 Å². The van der Waals surface area contributed by atoms with E-state index >= 15 is 0 Å². The summed E-state index contributed by atoms with van der Waals surface area (Å²) in [7, 11) is 0. The van der Waals surface area contributed by atoms with E-state index < -0.39 is 0 Å². The van der Waals surface area contributed by atoms with E-state index in [-0.39, 0.29) is 0 Å². The Morgan fingerprint density at radius 3 is 2.46 bits per heavy atom. The Morgan fingerprint density at radius 1 is 0.792 bits per heavy atom. The predicted molar refractivity (Wildman–Crippen MR) is 101 cm³/mol. The lowest BCUT2D eigenvalue weighted by atomic mass is 9.87. The molecule has 0 heterocycles. The Bertz CT molecular complexity index is 807. The van der Waals surface area contributed by atoms with Gasteiger partial charge < -0.3 is 5.32 Å². The lowest BCUT2D eigenvalue weighted by Gasteiger charge is -2.27. The highest BCUT2D eigenvalue weighted by Gasteiger charge is 2.19. The summed E-state index contributed by atoms with van der Waals surface area (Å²) >= 11 is 0. The molecule has 0 fully saturated rings. The van der Waals surface area contributed by atoms with Crippen LogP contribution in [0.2, 0.25) is 0 Å². The van der Waals surface area contributed by atoms with Crippen LogP contribution < -0.4 is 5.32 Å². The molecular formula is C23H23N. The molecule has 3 aromatic rings. The molecule has 0 aliphatic heterocycles. The van der Waals surface area contributed by atoms with Gasteiger partial charge >= 0.3 is 0 Å². The number of hydrogen-bond donors (Lipinski definition) is 1. The molecule has 0 saturated carbocycles. The van der Waals surface area contributed by atoms with Gasteiger partial charge in [-0.2, -0.15) is 0 Å². The van der Waals surface area contributed by atoms with E-state index in [2.05, 4.69) is 84.2 Å². The topological polar surface area (TPSA) is 12.0 Å². The van der Waals surface area contributed by atoms with Crippen molar-refractivity contribution in [1.29, 1.82) is 0 Å². The third kappa shape index (κ3) is 3.13. The average Bonchev–Trinajstić information content (AvgIpc) is 2.67. The van der Waals surface area contributed by atoms with Gasteiger partial charge in [-0.15, -0.1) is 0 Å². The Morgan fingerprint density at radius 2 is 1.54 bits per heavy atom. The van der Waals surface area contributed by atoms with E-state index in [1.807, 2.05) is 0 Å². The maximum atomic E-state index is 3.80. The van der Waals surface area contributed by atoms with Crippen molar-refractivity contribution < 1.29 is 0 Å². The van der Waals surface area contributed by atoms with Crippen molar-refractivity contribution in [2.24, 2.45) is 0 Å². The number of nitrogens with one attached hydrogen (secondary N) is 1. The van der Waals surface area contributed by atoms with Crippen molar-refractivity contribution in [2.45, 2.75) is 31.8 Å². The molecule has 0 saturated heterocycles. The summed E-state index contributed by atoms with van der Waals surface area (Å²) in [6.45, 7) is 0.907. The van der Waals surface area contributed by atoms with Crippen LogP contribution in [0.4, 0.5) is 0 Å². The molecule has 0 amide bonds. The molecule has 1 nitrogen and oxygen atoms in total. The zero-order chi connectivity index (χ0) is 16.2. The van der Waals surface area contributed by atoms with Gasteiger partial charge in [-0.1, -0.05) is 78.9 Å². The van der Waals surface area contributed by atoms with Crippen LogP contribution in [0.15, 0.2) is 78.9 Å². The van der Waals surface area contributed by atoms with Gasteiger partial charge in [-0.25, -0.2) is 0 Å². The second-order valence-corrected chi connectivity index (χ2v) is 6.55. The Kier molecular flexibility index (Phi) is 4.44. The van der Waals surface area contributed by atoms with Crippen molar-refractivity contribution in [3.63, 3.8) is 0 Å². The second-order valence-electron chi connectivity index (χ2n) is 6.55. The van der Waals surface area contributed by atoms with Gasteiger partial charge in [0, 0.05) is 12.6 Å². The molecule has 120 valence electrons. The van der Waals surface area contributed by atoms with Crippen LogP contribution in [-0.4, -0.2) is 0 Å². The second kappa shape index (κ2) is 7.02.